The summed E-state index contributed by atoms with van der Waals surface area (Å²) < 4.78 is 39.7. The summed E-state index contributed by atoms with van der Waals surface area (Å²) in [5.41, 5.74) is 0.364. The number of carbonyl (C=O) groups is 1. The third-order valence-electron chi connectivity index (χ3n) is 2.46. The number of halogens is 1. The van der Waals surface area contributed by atoms with Crippen LogP contribution in [0.25, 0.3) is 0 Å². The van der Waals surface area contributed by atoms with Crippen molar-refractivity contribution in [1.82, 2.24) is 0 Å². The van der Waals surface area contributed by atoms with Gasteiger partial charge in [0, 0.05) is 0 Å². The van der Waals surface area contributed by atoms with Gasteiger partial charge in [-0.05, 0) is 36.1 Å². The van der Waals surface area contributed by atoms with Crippen LogP contribution in [0.5, 0.6) is 0 Å². The van der Waals surface area contributed by atoms with Crippen LogP contribution in [-0.2, 0) is 10.0 Å². The summed E-state index contributed by atoms with van der Waals surface area (Å²) in [7, 11) is -4.08. The molecular weight excluding hydrogens is 305 g/mol. The highest BCUT2D eigenvalue weighted by Gasteiger charge is 2.26. The number of hydrogen-bond donors (Lipinski definition) is 2. The van der Waals surface area contributed by atoms with Crippen LogP contribution in [0.1, 0.15) is 15.2 Å². The molecule has 0 bridgehead atoms. The van der Waals surface area contributed by atoms with Crippen LogP contribution in [0.3, 0.4) is 0 Å². The smallest absolute Gasteiger partial charge is 0.347 e. The van der Waals surface area contributed by atoms with E-state index in [2.05, 4.69) is 4.72 Å². The van der Waals surface area contributed by atoms with E-state index in [0.29, 0.717) is 5.56 Å². The van der Waals surface area contributed by atoms with Crippen LogP contribution in [-0.4, -0.2) is 19.5 Å². The minimum atomic E-state index is -4.08. The Balaban J connectivity index is 2.46. The molecule has 8 heteroatoms. The molecule has 0 fully saturated rings. The number of aromatic carboxylic acids is 1. The van der Waals surface area contributed by atoms with Crippen molar-refractivity contribution < 1.29 is 22.7 Å². The summed E-state index contributed by atoms with van der Waals surface area (Å²) in [5.74, 6) is -1.91. The molecule has 0 saturated carbocycles. The highest BCUT2D eigenvalue weighted by molar-refractivity contribution is 7.93. The molecule has 0 aliphatic rings. The van der Waals surface area contributed by atoms with E-state index in [1.54, 1.807) is 0 Å². The highest BCUT2D eigenvalue weighted by Crippen LogP contribution is 2.28. The second kappa shape index (κ2) is 5.22. The molecule has 106 valence electrons. The number of benzene rings is 1. The fraction of sp³-hybridized carbons (Fsp3) is 0.0833. The zero-order valence-electron chi connectivity index (χ0n) is 10.3. The van der Waals surface area contributed by atoms with E-state index >= 15 is 0 Å². The Kier molecular flexibility index (Phi) is 3.78. The number of aryl methyl sites for hydroxylation is 1. The van der Waals surface area contributed by atoms with Crippen LogP contribution in [0.2, 0.25) is 0 Å². The molecule has 0 radical (unpaired) electrons. The zero-order valence-corrected chi connectivity index (χ0v) is 11.9. The lowest BCUT2D eigenvalue weighted by Gasteiger charge is -2.09. The van der Waals surface area contributed by atoms with Crippen molar-refractivity contribution in [2.24, 2.45) is 0 Å². The molecule has 5 nitrogen and oxygen atoms in total. The van der Waals surface area contributed by atoms with Gasteiger partial charge in [0.25, 0.3) is 10.0 Å². The molecule has 2 rings (SSSR count). The van der Waals surface area contributed by atoms with Crippen LogP contribution in [0, 0.1) is 12.7 Å². The molecule has 2 N–H and O–H groups in total. The van der Waals surface area contributed by atoms with Gasteiger partial charge in [-0.3, -0.25) is 4.72 Å². The number of hydrogen-bond acceptors (Lipinski definition) is 4. The molecule has 0 aliphatic carbocycles. The first kappa shape index (κ1) is 14.5. The van der Waals surface area contributed by atoms with Gasteiger partial charge in [0.05, 0.1) is 5.69 Å². The first-order valence-corrected chi connectivity index (χ1v) is 7.77. The molecule has 0 atom stereocenters. The lowest BCUT2D eigenvalue weighted by Crippen LogP contribution is -2.16. The van der Waals surface area contributed by atoms with Crippen molar-refractivity contribution in [3.8, 4) is 0 Å². The maximum Gasteiger partial charge on any atom is 0.347 e. The van der Waals surface area contributed by atoms with Crippen molar-refractivity contribution in [2.45, 2.75) is 11.8 Å². The molecule has 0 saturated heterocycles. The molecule has 1 heterocycles. The van der Waals surface area contributed by atoms with E-state index in [1.807, 2.05) is 0 Å². The Morgan fingerprint density at radius 2 is 2.10 bits per heavy atom. The van der Waals surface area contributed by atoms with E-state index in [0.717, 1.165) is 17.4 Å². The van der Waals surface area contributed by atoms with E-state index in [9.17, 15) is 17.6 Å². The van der Waals surface area contributed by atoms with Gasteiger partial charge in [-0.15, -0.1) is 11.3 Å². The van der Waals surface area contributed by atoms with Gasteiger partial charge in [0.2, 0.25) is 0 Å². The predicted octanol–water partition coefficient (Wildman–Crippen LogP) is 2.69. The summed E-state index contributed by atoms with van der Waals surface area (Å²) >= 11 is 0.832. The third kappa shape index (κ3) is 2.81. The normalized spacial score (nSPS) is 11.3. The fourth-order valence-corrected chi connectivity index (χ4v) is 4.36. The summed E-state index contributed by atoms with van der Waals surface area (Å²) in [5, 5.41) is 10.5. The number of carboxylic acid groups (broad SMARTS) is 1. The topological polar surface area (TPSA) is 83.5 Å². The second-order valence-corrected chi connectivity index (χ2v) is 6.50. The molecule has 1 aromatic carbocycles. The van der Waals surface area contributed by atoms with Gasteiger partial charge in [-0.25, -0.2) is 17.6 Å². The van der Waals surface area contributed by atoms with Gasteiger partial charge in [-0.1, -0.05) is 6.07 Å². The quantitative estimate of drug-likeness (QED) is 0.908. The van der Waals surface area contributed by atoms with Gasteiger partial charge in [-0.2, -0.15) is 0 Å². The van der Waals surface area contributed by atoms with Crippen LogP contribution in [0.15, 0.2) is 34.5 Å². The summed E-state index contributed by atoms with van der Waals surface area (Å²) in [6.45, 7) is 1.50. The summed E-state index contributed by atoms with van der Waals surface area (Å²) in [6, 6.07) is 4.92. The van der Waals surface area contributed by atoms with Crippen molar-refractivity contribution in [2.75, 3.05) is 4.72 Å². The zero-order chi connectivity index (χ0) is 14.9. The number of nitrogens with one attached hydrogen (secondary N) is 1. The molecule has 1 aromatic heterocycles. The number of thiophene rings is 1. The van der Waals surface area contributed by atoms with Crippen LogP contribution >= 0.6 is 11.3 Å². The standard InChI is InChI=1S/C12H10FNO4S2/c1-7-6-19-10(12(15)16)11(7)20(17,18)14-9-4-2-3-8(13)5-9/h2-6,14H,1H3,(H,15,16). The van der Waals surface area contributed by atoms with E-state index in [-0.39, 0.29) is 15.5 Å². The Hall–Kier alpha value is -1.93. The van der Waals surface area contributed by atoms with Gasteiger partial charge >= 0.3 is 5.97 Å². The van der Waals surface area contributed by atoms with Crippen molar-refractivity contribution in [3.05, 3.63) is 45.9 Å². The van der Waals surface area contributed by atoms with Gasteiger partial charge < -0.3 is 5.11 Å². The summed E-state index contributed by atoms with van der Waals surface area (Å²) in [6.07, 6.45) is 0. The first-order chi connectivity index (χ1) is 9.31. The number of sulfonamides is 1. The fourth-order valence-electron chi connectivity index (χ4n) is 1.67. The van der Waals surface area contributed by atoms with Crippen molar-refractivity contribution >= 4 is 33.0 Å². The molecule has 0 unspecified atom stereocenters. The Labute approximate surface area is 118 Å². The lowest BCUT2D eigenvalue weighted by atomic mass is 10.3. The average Bonchev–Trinajstić information content (AvgIpc) is 2.71. The monoisotopic (exact) mass is 315 g/mol. The van der Waals surface area contributed by atoms with E-state index < -0.39 is 21.8 Å². The van der Waals surface area contributed by atoms with Gasteiger partial charge in [0.1, 0.15) is 15.6 Å². The minimum Gasteiger partial charge on any atom is -0.477 e. The SMILES string of the molecule is Cc1csc(C(=O)O)c1S(=O)(=O)Nc1cccc(F)c1. The van der Waals surface area contributed by atoms with Gasteiger partial charge in [0.15, 0.2) is 0 Å². The third-order valence-corrected chi connectivity index (χ3v) is 5.24. The van der Waals surface area contributed by atoms with Crippen molar-refractivity contribution in [3.63, 3.8) is 0 Å². The maximum atomic E-state index is 13.0. The minimum absolute atomic E-state index is 0.0342. The first-order valence-electron chi connectivity index (χ1n) is 5.41. The number of rotatable bonds is 4. The number of carboxylic acids is 1. The van der Waals surface area contributed by atoms with E-state index in [1.165, 1.54) is 30.5 Å². The molecular formula is C12H10FNO4S2. The number of anilines is 1. The second-order valence-electron chi connectivity index (χ2n) is 4.00. The van der Waals surface area contributed by atoms with Crippen LogP contribution in [0.4, 0.5) is 10.1 Å². The molecule has 20 heavy (non-hydrogen) atoms. The van der Waals surface area contributed by atoms with Crippen molar-refractivity contribution in [1.29, 1.82) is 0 Å². The Bertz CT molecular complexity index is 768. The molecule has 0 spiro atoms. The van der Waals surface area contributed by atoms with E-state index in [4.69, 9.17) is 5.11 Å². The predicted molar refractivity (Wildman–Crippen MR) is 73.2 cm³/mol. The summed E-state index contributed by atoms with van der Waals surface area (Å²) in [4.78, 5) is 10.5. The largest absolute Gasteiger partial charge is 0.477 e. The molecule has 0 aliphatic heterocycles. The van der Waals surface area contributed by atoms with Crippen LogP contribution < -0.4 is 4.72 Å². The Morgan fingerprint density at radius 1 is 1.40 bits per heavy atom. The average molecular weight is 315 g/mol. The maximum absolute atomic E-state index is 13.0. The molecule has 2 aromatic rings. The molecule has 0 amide bonds. The Morgan fingerprint density at radius 3 is 2.70 bits per heavy atom. The lowest BCUT2D eigenvalue weighted by molar-refractivity contribution is 0.0698. The highest BCUT2D eigenvalue weighted by atomic mass is 32.2.